The summed E-state index contributed by atoms with van der Waals surface area (Å²) in [5, 5.41) is 4.84. The van der Waals surface area contributed by atoms with Crippen molar-refractivity contribution in [3.05, 3.63) is 53.2 Å². The Labute approximate surface area is 152 Å². The summed E-state index contributed by atoms with van der Waals surface area (Å²) >= 11 is 0. The van der Waals surface area contributed by atoms with Gasteiger partial charge >= 0.3 is 12.0 Å². The molecule has 0 spiro atoms. The number of benzene rings is 2. The summed E-state index contributed by atoms with van der Waals surface area (Å²) in [7, 11) is 2.96. The van der Waals surface area contributed by atoms with E-state index >= 15 is 0 Å². The zero-order chi connectivity index (χ0) is 18.8. The number of esters is 1. The molecule has 0 fully saturated rings. The summed E-state index contributed by atoms with van der Waals surface area (Å²) in [6, 6.07) is 10.7. The van der Waals surface area contributed by atoms with Crippen LogP contribution in [0.15, 0.2) is 47.7 Å². The summed E-state index contributed by atoms with van der Waals surface area (Å²) < 4.78 is 10.8. The van der Waals surface area contributed by atoms with Crippen LogP contribution in [0.25, 0.3) is 10.8 Å². The Hall–Kier alpha value is -3.02. The highest BCUT2D eigenvalue weighted by Crippen LogP contribution is 2.39. The van der Waals surface area contributed by atoms with Gasteiger partial charge in [0.2, 0.25) is 0 Å². The molecule has 0 bridgehead atoms. The van der Waals surface area contributed by atoms with Gasteiger partial charge < -0.3 is 19.7 Å². The summed E-state index contributed by atoms with van der Waals surface area (Å²) in [6.07, 6.45) is 0. The lowest BCUT2D eigenvalue weighted by molar-refractivity contribution is -0.136. The number of nitrogens with one attached hydrogen (secondary N) is 1. The predicted molar refractivity (Wildman–Crippen MR) is 98.9 cm³/mol. The van der Waals surface area contributed by atoms with Crippen molar-refractivity contribution < 1.29 is 19.1 Å². The normalized spacial score (nSPS) is 17.3. The summed E-state index contributed by atoms with van der Waals surface area (Å²) in [6.45, 7) is 4.11. The number of hydrogen-bond acceptors (Lipinski definition) is 4. The molecule has 26 heavy (non-hydrogen) atoms. The molecule has 0 aliphatic carbocycles. The molecule has 1 unspecified atom stereocenters. The highest BCUT2D eigenvalue weighted by atomic mass is 16.5. The molecule has 1 N–H and O–H groups in total. The second kappa shape index (κ2) is 7.07. The molecule has 2 aromatic rings. The minimum absolute atomic E-state index is 0.282. The molecule has 2 aromatic carbocycles. The van der Waals surface area contributed by atoms with Crippen LogP contribution in [0.3, 0.4) is 0 Å². The number of urea groups is 1. The van der Waals surface area contributed by atoms with E-state index in [0.29, 0.717) is 23.6 Å². The first-order chi connectivity index (χ1) is 12.5. The van der Waals surface area contributed by atoms with E-state index in [0.717, 1.165) is 16.3 Å². The Morgan fingerprint density at radius 1 is 1.23 bits per heavy atom. The van der Waals surface area contributed by atoms with Crippen molar-refractivity contribution in [3.63, 3.8) is 0 Å². The van der Waals surface area contributed by atoms with Crippen molar-refractivity contribution in [3.8, 4) is 5.75 Å². The van der Waals surface area contributed by atoms with Crippen LogP contribution in [0.2, 0.25) is 0 Å². The Morgan fingerprint density at radius 3 is 2.65 bits per heavy atom. The van der Waals surface area contributed by atoms with Crippen LogP contribution in [-0.4, -0.2) is 37.7 Å². The molecule has 1 aliphatic heterocycles. The molecule has 0 aromatic heterocycles. The Bertz CT molecular complexity index is 904. The average Bonchev–Trinajstić information content (AvgIpc) is 2.65. The lowest BCUT2D eigenvalue weighted by atomic mass is 9.90. The van der Waals surface area contributed by atoms with Gasteiger partial charge in [0.1, 0.15) is 5.75 Å². The molecule has 0 saturated carbocycles. The molecule has 0 saturated heterocycles. The number of carbonyl (C=O) groups excluding carboxylic acids is 2. The summed E-state index contributed by atoms with van der Waals surface area (Å²) in [4.78, 5) is 26.4. The van der Waals surface area contributed by atoms with Gasteiger partial charge in [-0.1, -0.05) is 30.3 Å². The number of hydrogen-bond donors (Lipinski definition) is 1. The molecule has 136 valence electrons. The van der Waals surface area contributed by atoms with E-state index in [9.17, 15) is 9.59 Å². The quantitative estimate of drug-likeness (QED) is 0.855. The topological polar surface area (TPSA) is 67.9 Å². The number of amides is 2. The van der Waals surface area contributed by atoms with Crippen molar-refractivity contribution in [2.24, 2.45) is 0 Å². The van der Waals surface area contributed by atoms with Gasteiger partial charge in [-0.15, -0.1) is 0 Å². The third-order valence-corrected chi connectivity index (χ3v) is 4.68. The zero-order valence-corrected chi connectivity index (χ0v) is 15.3. The van der Waals surface area contributed by atoms with Gasteiger partial charge in [0.15, 0.2) is 0 Å². The second-order valence-corrected chi connectivity index (χ2v) is 6.06. The summed E-state index contributed by atoms with van der Waals surface area (Å²) in [5.41, 5.74) is 1.71. The van der Waals surface area contributed by atoms with Crippen molar-refractivity contribution in [2.75, 3.05) is 20.8 Å². The second-order valence-electron chi connectivity index (χ2n) is 6.06. The van der Waals surface area contributed by atoms with Gasteiger partial charge in [-0.3, -0.25) is 0 Å². The maximum Gasteiger partial charge on any atom is 0.337 e. The monoisotopic (exact) mass is 354 g/mol. The van der Waals surface area contributed by atoms with Crippen molar-refractivity contribution in [1.82, 2.24) is 10.2 Å². The number of allylic oxidation sites excluding steroid dienone is 1. The van der Waals surface area contributed by atoms with Gasteiger partial charge in [0, 0.05) is 18.3 Å². The number of rotatable bonds is 4. The fourth-order valence-corrected chi connectivity index (χ4v) is 3.28. The molecule has 1 heterocycles. The smallest absolute Gasteiger partial charge is 0.337 e. The van der Waals surface area contributed by atoms with Crippen LogP contribution in [-0.2, 0) is 9.53 Å². The third kappa shape index (κ3) is 2.87. The number of nitrogens with zero attached hydrogens (tertiary/aromatic N) is 1. The van der Waals surface area contributed by atoms with E-state index < -0.39 is 12.0 Å². The van der Waals surface area contributed by atoms with E-state index in [1.54, 1.807) is 14.0 Å². The summed E-state index contributed by atoms with van der Waals surface area (Å²) in [5.74, 6) is 0.157. The van der Waals surface area contributed by atoms with Gasteiger partial charge in [-0.2, -0.15) is 0 Å². The van der Waals surface area contributed by atoms with Crippen molar-refractivity contribution in [2.45, 2.75) is 19.9 Å². The number of carbonyl (C=O) groups is 2. The standard InChI is InChI=1S/C20H22N2O4/c1-5-26-15-11-10-13-8-6-7-9-14(13)17(15)18-16(19(23)25-4)12(2)22(3)20(24)21-18/h6-11,18H,5H2,1-4H3,(H,21,24). The van der Waals surface area contributed by atoms with E-state index in [1.165, 1.54) is 12.0 Å². The minimum atomic E-state index is -0.654. The Morgan fingerprint density at radius 2 is 1.96 bits per heavy atom. The SMILES string of the molecule is CCOc1ccc2ccccc2c1C1NC(=O)N(C)C(C)=C1C(=O)OC. The molecule has 1 atom stereocenters. The Balaban J connectivity index is 2.31. The number of methoxy groups -OCH3 is 1. The lowest BCUT2D eigenvalue weighted by Crippen LogP contribution is -2.46. The molecular formula is C20H22N2O4. The van der Waals surface area contributed by atoms with E-state index in [4.69, 9.17) is 9.47 Å². The fraction of sp³-hybridized carbons (Fsp3) is 0.300. The van der Waals surface area contributed by atoms with E-state index in [2.05, 4.69) is 5.32 Å². The first kappa shape index (κ1) is 17.8. The van der Waals surface area contributed by atoms with Crippen LogP contribution < -0.4 is 10.1 Å². The van der Waals surface area contributed by atoms with Gasteiger partial charge in [-0.25, -0.2) is 9.59 Å². The Kier molecular flexibility index (Phi) is 4.84. The van der Waals surface area contributed by atoms with Gasteiger partial charge in [-0.05, 0) is 30.7 Å². The van der Waals surface area contributed by atoms with Crippen molar-refractivity contribution >= 4 is 22.8 Å². The van der Waals surface area contributed by atoms with Crippen molar-refractivity contribution in [1.29, 1.82) is 0 Å². The highest BCUT2D eigenvalue weighted by molar-refractivity contribution is 5.98. The highest BCUT2D eigenvalue weighted by Gasteiger charge is 2.37. The largest absolute Gasteiger partial charge is 0.493 e. The molecular weight excluding hydrogens is 332 g/mol. The van der Waals surface area contributed by atoms with E-state index in [-0.39, 0.29) is 6.03 Å². The van der Waals surface area contributed by atoms with Crippen LogP contribution in [0.5, 0.6) is 5.75 Å². The molecule has 2 amide bonds. The lowest BCUT2D eigenvalue weighted by Gasteiger charge is -2.34. The molecule has 6 nitrogen and oxygen atoms in total. The molecule has 6 heteroatoms. The van der Waals surface area contributed by atoms with Crippen LogP contribution >= 0.6 is 0 Å². The fourth-order valence-electron chi connectivity index (χ4n) is 3.28. The first-order valence-electron chi connectivity index (χ1n) is 8.47. The minimum Gasteiger partial charge on any atom is -0.493 e. The molecule has 3 rings (SSSR count). The molecule has 0 radical (unpaired) electrons. The van der Waals surface area contributed by atoms with Gasteiger partial charge in [0.25, 0.3) is 0 Å². The first-order valence-corrected chi connectivity index (χ1v) is 8.47. The molecule has 1 aliphatic rings. The van der Waals surface area contributed by atoms with Crippen LogP contribution in [0.1, 0.15) is 25.5 Å². The number of fused-ring (bicyclic) bond motifs is 1. The maximum absolute atomic E-state index is 12.5. The van der Waals surface area contributed by atoms with E-state index in [1.807, 2.05) is 43.3 Å². The predicted octanol–water partition coefficient (Wildman–Crippen LogP) is 3.38. The third-order valence-electron chi connectivity index (χ3n) is 4.68. The maximum atomic E-state index is 12.5. The van der Waals surface area contributed by atoms with Crippen LogP contribution in [0, 0.1) is 0 Å². The average molecular weight is 354 g/mol. The number of ether oxygens (including phenoxy) is 2. The zero-order valence-electron chi connectivity index (χ0n) is 15.3. The van der Waals surface area contributed by atoms with Crippen LogP contribution in [0.4, 0.5) is 4.79 Å². The van der Waals surface area contributed by atoms with Gasteiger partial charge in [0.05, 0.1) is 25.3 Å².